The minimum atomic E-state index is -0.865. The summed E-state index contributed by atoms with van der Waals surface area (Å²) in [7, 11) is 3.25. The van der Waals surface area contributed by atoms with Gasteiger partial charge in [0.2, 0.25) is 5.91 Å². The maximum absolute atomic E-state index is 12.7. The monoisotopic (exact) mass is 359 g/mol. The van der Waals surface area contributed by atoms with Crippen LogP contribution in [-0.4, -0.2) is 43.2 Å². The summed E-state index contributed by atoms with van der Waals surface area (Å²) in [6.45, 7) is 8.97. The molecule has 0 aliphatic carbocycles. The lowest BCUT2D eigenvalue weighted by atomic mass is 9.89. The van der Waals surface area contributed by atoms with Crippen LogP contribution in [0.25, 0.3) is 0 Å². The van der Waals surface area contributed by atoms with E-state index in [1.54, 1.807) is 21.1 Å². The van der Waals surface area contributed by atoms with Crippen molar-refractivity contribution in [3.63, 3.8) is 0 Å². The molecule has 1 aliphatic rings. The molecule has 0 spiro atoms. The number of carbonyl (C=O) groups is 1. The Hall–Kier alpha value is -2.26. The first-order valence-electron chi connectivity index (χ1n) is 8.96. The van der Waals surface area contributed by atoms with Gasteiger partial charge in [-0.2, -0.15) is 5.26 Å². The Morgan fingerprint density at radius 1 is 1.23 bits per heavy atom. The van der Waals surface area contributed by atoms with E-state index in [-0.39, 0.29) is 17.9 Å². The van der Waals surface area contributed by atoms with Gasteiger partial charge in [-0.05, 0) is 49.4 Å². The highest BCUT2D eigenvalue weighted by Gasteiger charge is 2.34. The van der Waals surface area contributed by atoms with E-state index in [1.807, 2.05) is 32.9 Å². The first-order valence-corrected chi connectivity index (χ1v) is 8.96. The molecule has 1 amide bonds. The maximum Gasteiger partial charge on any atom is 0.238 e. The molecule has 1 aliphatic heterocycles. The summed E-state index contributed by atoms with van der Waals surface area (Å²) < 4.78 is 10.8. The van der Waals surface area contributed by atoms with Crippen LogP contribution in [0, 0.1) is 17.2 Å². The van der Waals surface area contributed by atoms with Gasteiger partial charge in [-0.25, -0.2) is 0 Å². The van der Waals surface area contributed by atoms with Crippen LogP contribution in [0.15, 0.2) is 12.1 Å². The number of hydrogen-bond donors (Lipinski definition) is 1. The Bertz CT molecular complexity index is 711. The predicted octanol–water partition coefficient (Wildman–Crippen LogP) is 2.50. The number of amides is 1. The molecule has 142 valence electrons. The molecule has 0 saturated heterocycles. The van der Waals surface area contributed by atoms with E-state index in [0.717, 1.165) is 24.3 Å². The normalized spacial score (nSPS) is 17.6. The van der Waals surface area contributed by atoms with E-state index in [2.05, 4.69) is 16.3 Å². The van der Waals surface area contributed by atoms with Crippen molar-refractivity contribution in [1.29, 1.82) is 5.26 Å². The summed E-state index contributed by atoms with van der Waals surface area (Å²) in [6.07, 6.45) is 0.840. The quantitative estimate of drug-likeness (QED) is 0.845. The Morgan fingerprint density at radius 3 is 2.31 bits per heavy atom. The number of rotatable bonds is 6. The number of fused-ring (bicyclic) bond motifs is 1. The molecule has 0 fully saturated rings. The van der Waals surface area contributed by atoms with Gasteiger partial charge in [-0.1, -0.05) is 13.8 Å². The highest BCUT2D eigenvalue weighted by Crippen LogP contribution is 2.33. The molecule has 6 heteroatoms. The summed E-state index contributed by atoms with van der Waals surface area (Å²) in [5.74, 6) is 1.34. The van der Waals surface area contributed by atoms with Crippen molar-refractivity contribution >= 4 is 5.91 Å². The third-order valence-corrected chi connectivity index (χ3v) is 5.44. The third-order valence-electron chi connectivity index (χ3n) is 5.44. The molecule has 6 nitrogen and oxygen atoms in total. The first-order chi connectivity index (χ1) is 12.3. The fourth-order valence-corrected chi connectivity index (χ4v) is 3.06. The molecule has 0 aromatic heterocycles. The molecule has 1 heterocycles. The second-order valence-electron chi connectivity index (χ2n) is 7.33. The van der Waals surface area contributed by atoms with Crippen molar-refractivity contribution in [2.24, 2.45) is 5.92 Å². The van der Waals surface area contributed by atoms with Crippen molar-refractivity contribution in [1.82, 2.24) is 10.2 Å². The molecule has 1 aromatic carbocycles. The van der Waals surface area contributed by atoms with E-state index >= 15 is 0 Å². The van der Waals surface area contributed by atoms with Crippen molar-refractivity contribution < 1.29 is 14.3 Å². The Morgan fingerprint density at radius 2 is 1.81 bits per heavy atom. The predicted molar refractivity (Wildman–Crippen MR) is 100 cm³/mol. The number of carbonyl (C=O) groups excluding carboxylic acids is 1. The molecular formula is C20H29N3O3. The summed E-state index contributed by atoms with van der Waals surface area (Å²) in [5.41, 5.74) is 1.49. The van der Waals surface area contributed by atoms with Crippen molar-refractivity contribution in [2.75, 3.05) is 20.8 Å². The smallest absolute Gasteiger partial charge is 0.238 e. The van der Waals surface area contributed by atoms with Crippen LogP contribution >= 0.6 is 0 Å². The van der Waals surface area contributed by atoms with Gasteiger partial charge in [0, 0.05) is 13.1 Å². The van der Waals surface area contributed by atoms with Gasteiger partial charge in [0.05, 0.1) is 26.3 Å². The second kappa shape index (κ2) is 7.96. The van der Waals surface area contributed by atoms with Gasteiger partial charge >= 0.3 is 0 Å². The topological polar surface area (TPSA) is 74.6 Å². The van der Waals surface area contributed by atoms with Crippen LogP contribution in [0.4, 0.5) is 0 Å². The number of nitrogens with zero attached hydrogens (tertiary/aromatic N) is 2. The van der Waals surface area contributed by atoms with Crippen LogP contribution in [0.5, 0.6) is 11.5 Å². The van der Waals surface area contributed by atoms with Gasteiger partial charge in [0.1, 0.15) is 5.54 Å². The molecule has 2 rings (SSSR count). The second-order valence-corrected chi connectivity index (χ2v) is 7.33. The van der Waals surface area contributed by atoms with Gasteiger partial charge in [-0.3, -0.25) is 9.69 Å². The third kappa shape index (κ3) is 3.94. The van der Waals surface area contributed by atoms with Crippen molar-refractivity contribution in [3.05, 3.63) is 23.3 Å². The molecule has 1 aromatic rings. The van der Waals surface area contributed by atoms with Gasteiger partial charge in [0.15, 0.2) is 11.5 Å². The van der Waals surface area contributed by atoms with E-state index in [9.17, 15) is 10.1 Å². The van der Waals surface area contributed by atoms with Gasteiger partial charge in [0.25, 0.3) is 0 Å². The zero-order chi connectivity index (χ0) is 19.5. The molecule has 26 heavy (non-hydrogen) atoms. The Labute approximate surface area is 156 Å². The Kier molecular flexibility index (Phi) is 6.14. The number of benzene rings is 1. The lowest BCUT2D eigenvalue weighted by Gasteiger charge is -2.35. The first kappa shape index (κ1) is 20.1. The Balaban J connectivity index is 2.15. The highest BCUT2D eigenvalue weighted by atomic mass is 16.5. The van der Waals surface area contributed by atoms with Crippen LogP contribution in [0.2, 0.25) is 0 Å². The lowest BCUT2D eigenvalue weighted by Crippen LogP contribution is -2.55. The summed E-state index contributed by atoms with van der Waals surface area (Å²) in [5, 5.41) is 12.3. The minimum Gasteiger partial charge on any atom is -0.493 e. The van der Waals surface area contributed by atoms with Gasteiger partial charge in [-0.15, -0.1) is 0 Å². The van der Waals surface area contributed by atoms with Crippen LogP contribution in [0.3, 0.4) is 0 Å². The standard InChI is InChI=1S/C20H29N3O3/c1-13(2)20(4,12-21)22-19(24)14(3)23-8-7-15-9-17(25-5)18(26-6)10-16(15)11-23/h9-10,13-14H,7-8,11H2,1-6H3,(H,22,24)/t14-,20+/m1/s1. The number of ether oxygens (including phenoxy) is 2. The molecule has 1 N–H and O–H groups in total. The van der Waals surface area contributed by atoms with Crippen LogP contribution in [-0.2, 0) is 17.8 Å². The van der Waals surface area contributed by atoms with E-state index in [4.69, 9.17) is 9.47 Å². The van der Waals surface area contributed by atoms with Crippen LogP contribution < -0.4 is 14.8 Å². The number of nitrogens with one attached hydrogen (secondary N) is 1. The molecule has 0 radical (unpaired) electrons. The molecule has 0 bridgehead atoms. The van der Waals surface area contributed by atoms with Crippen molar-refractivity contribution in [3.8, 4) is 17.6 Å². The molecule has 0 unspecified atom stereocenters. The average molecular weight is 359 g/mol. The largest absolute Gasteiger partial charge is 0.493 e. The summed E-state index contributed by atoms with van der Waals surface area (Å²) in [6, 6.07) is 5.91. The molecule has 2 atom stereocenters. The van der Waals surface area contributed by atoms with Crippen molar-refractivity contribution in [2.45, 2.75) is 52.2 Å². The zero-order valence-electron chi connectivity index (χ0n) is 16.5. The van der Waals surface area contributed by atoms with E-state index in [0.29, 0.717) is 12.3 Å². The summed E-state index contributed by atoms with van der Waals surface area (Å²) >= 11 is 0. The zero-order valence-corrected chi connectivity index (χ0v) is 16.5. The summed E-state index contributed by atoms with van der Waals surface area (Å²) in [4.78, 5) is 14.8. The number of methoxy groups -OCH3 is 2. The minimum absolute atomic E-state index is 0.0301. The van der Waals surface area contributed by atoms with Crippen LogP contribution in [0.1, 0.15) is 38.8 Å². The van der Waals surface area contributed by atoms with E-state index < -0.39 is 5.54 Å². The van der Waals surface area contributed by atoms with Gasteiger partial charge < -0.3 is 14.8 Å². The average Bonchev–Trinajstić information content (AvgIpc) is 2.65. The number of hydrogen-bond acceptors (Lipinski definition) is 5. The fraction of sp³-hybridized carbons (Fsp3) is 0.600. The fourth-order valence-electron chi connectivity index (χ4n) is 3.06. The molecular weight excluding hydrogens is 330 g/mol. The highest BCUT2D eigenvalue weighted by molar-refractivity contribution is 5.82. The number of nitriles is 1. The molecule has 0 saturated carbocycles. The SMILES string of the molecule is COc1cc2c(cc1OC)CN([C@H](C)C(=O)N[C@@](C)(C#N)C(C)C)CC2. The maximum atomic E-state index is 12.7. The lowest BCUT2D eigenvalue weighted by molar-refractivity contribution is -0.127. The van der Waals surface area contributed by atoms with E-state index in [1.165, 1.54) is 5.56 Å².